The lowest BCUT2D eigenvalue weighted by molar-refractivity contribution is 0.247. The molecule has 1 fully saturated rings. The van der Waals surface area contributed by atoms with Gasteiger partial charge in [-0.2, -0.15) is 0 Å². The predicted octanol–water partition coefficient (Wildman–Crippen LogP) is 3.38. The molecular weight excluding hydrogens is 265 g/mol. The maximum atomic E-state index is 13.0. The third-order valence-electron chi connectivity index (χ3n) is 4.04. The predicted molar refractivity (Wildman–Crippen MR) is 84.7 cm³/mol. The van der Waals surface area contributed by atoms with Crippen molar-refractivity contribution in [3.8, 4) is 0 Å². The van der Waals surface area contributed by atoms with Crippen molar-refractivity contribution in [3.05, 3.63) is 29.8 Å². The molecule has 4 heteroatoms. The third kappa shape index (κ3) is 5.71. The molecule has 0 aromatic carbocycles. The van der Waals surface area contributed by atoms with Crippen molar-refractivity contribution in [3.63, 3.8) is 0 Å². The molecule has 0 radical (unpaired) electrons. The Labute approximate surface area is 127 Å². The van der Waals surface area contributed by atoms with Crippen LogP contribution in [0.2, 0.25) is 0 Å². The smallest absolute Gasteiger partial charge is 0.141 e. The molecule has 0 saturated heterocycles. The van der Waals surface area contributed by atoms with Gasteiger partial charge in [-0.05, 0) is 56.8 Å². The van der Waals surface area contributed by atoms with Gasteiger partial charge in [0.25, 0.3) is 0 Å². The zero-order chi connectivity index (χ0) is 15.1. The van der Waals surface area contributed by atoms with Crippen LogP contribution in [0.25, 0.3) is 0 Å². The summed E-state index contributed by atoms with van der Waals surface area (Å²) in [6, 6.07) is 3.52. The quantitative estimate of drug-likeness (QED) is 0.717. The summed E-state index contributed by atoms with van der Waals surface area (Å²) in [6.07, 6.45) is 6.34. The molecule has 3 nitrogen and oxygen atoms in total. The van der Waals surface area contributed by atoms with Crippen molar-refractivity contribution in [1.82, 2.24) is 15.2 Å². The van der Waals surface area contributed by atoms with Crippen molar-refractivity contribution in [2.75, 3.05) is 26.2 Å². The zero-order valence-electron chi connectivity index (χ0n) is 13.3. The molecule has 1 saturated carbocycles. The van der Waals surface area contributed by atoms with Crippen LogP contribution in [0.1, 0.15) is 51.3 Å². The summed E-state index contributed by atoms with van der Waals surface area (Å²) in [5.74, 6) is 0.661. The van der Waals surface area contributed by atoms with Gasteiger partial charge >= 0.3 is 0 Å². The molecular formula is C17H28FN3. The van der Waals surface area contributed by atoms with E-state index in [0.29, 0.717) is 0 Å². The second kappa shape index (κ2) is 8.44. The van der Waals surface area contributed by atoms with Gasteiger partial charge in [0.2, 0.25) is 0 Å². The summed E-state index contributed by atoms with van der Waals surface area (Å²) in [7, 11) is 0. The highest BCUT2D eigenvalue weighted by Gasteiger charge is 2.24. The lowest BCUT2D eigenvalue weighted by atomic mass is 10.1. The molecule has 1 N–H and O–H groups in total. The summed E-state index contributed by atoms with van der Waals surface area (Å²) in [6.45, 7) is 8.74. The molecule has 2 rings (SSSR count). The first kappa shape index (κ1) is 16.4. The Balaban J connectivity index is 1.89. The van der Waals surface area contributed by atoms with Gasteiger partial charge in [0.15, 0.2) is 0 Å². The van der Waals surface area contributed by atoms with Crippen molar-refractivity contribution >= 4 is 0 Å². The van der Waals surface area contributed by atoms with Gasteiger partial charge in [0, 0.05) is 13.1 Å². The van der Waals surface area contributed by atoms with Crippen molar-refractivity contribution in [2.45, 2.75) is 45.6 Å². The fourth-order valence-electron chi connectivity index (χ4n) is 2.78. The first-order chi connectivity index (χ1) is 10.2. The van der Waals surface area contributed by atoms with Crippen molar-refractivity contribution in [2.24, 2.45) is 5.92 Å². The Kier molecular flexibility index (Phi) is 6.58. The van der Waals surface area contributed by atoms with E-state index in [-0.39, 0.29) is 11.9 Å². The van der Waals surface area contributed by atoms with E-state index in [1.54, 1.807) is 6.07 Å². The Morgan fingerprint density at radius 1 is 1.33 bits per heavy atom. The van der Waals surface area contributed by atoms with Crippen LogP contribution >= 0.6 is 0 Å². The van der Waals surface area contributed by atoms with Crippen LogP contribution in [-0.2, 0) is 0 Å². The monoisotopic (exact) mass is 293 g/mol. The van der Waals surface area contributed by atoms with Gasteiger partial charge in [-0.25, -0.2) is 4.39 Å². The van der Waals surface area contributed by atoms with E-state index in [2.05, 4.69) is 29.0 Å². The summed E-state index contributed by atoms with van der Waals surface area (Å²) >= 11 is 0. The minimum Gasteiger partial charge on any atom is -0.309 e. The van der Waals surface area contributed by atoms with Crippen LogP contribution in [-0.4, -0.2) is 36.1 Å². The van der Waals surface area contributed by atoms with Crippen LogP contribution in [0.4, 0.5) is 4.39 Å². The Morgan fingerprint density at radius 2 is 2.14 bits per heavy atom. The molecule has 1 atom stereocenters. The molecule has 1 aromatic heterocycles. The van der Waals surface area contributed by atoms with Crippen LogP contribution in [0.3, 0.4) is 0 Å². The van der Waals surface area contributed by atoms with Gasteiger partial charge in [-0.3, -0.25) is 4.98 Å². The molecule has 1 aliphatic rings. The molecule has 0 aliphatic heterocycles. The zero-order valence-corrected chi connectivity index (χ0v) is 13.3. The molecule has 1 unspecified atom stereocenters. The number of nitrogens with one attached hydrogen (secondary N) is 1. The average Bonchev–Trinajstić information content (AvgIpc) is 3.28. The number of pyridine rings is 1. The summed E-state index contributed by atoms with van der Waals surface area (Å²) in [5, 5.41) is 3.47. The van der Waals surface area contributed by atoms with Gasteiger partial charge < -0.3 is 10.2 Å². The number of rotatable bonds is 10. The standard InChI is InChI=1S/C17H28FN3/c1-3-10-21(13-14-5-6-14)11-9-17(19-4-2)16-8-7-15(18)12-20-16/h7-8,12,14,17,19H,3-6,9-11,13H2,1-2H3. The van der Waals surface area contributed by atoms with E-state index in [9.17, 15) is 4.39 Å². The highest BCUT2D eigenvalue weighted by molar-refractivity contribution is 5.10. The first-order valence-electron chi connectivity index (χ1n) is 8.30. The maximum Gasteiger partial charge on any atom is 0.141 e. The van der Waals surface area contributed by atoms with Gasteiger partial charge in [0.1, 0.15) is 5.82 Å². The molecule has 0 amide bonds. The highest BCUT2D eigenvalue weighted by atomic mass is 19.1. The van der Waals surface area contributed by atoms with E-state index < -0.39 is 0 Å². The van der Waals surface area contributed by atoms with E-state index in [4.69, 9.17) is 0 Å². The molecule has 118 valence electrons. The summed E-state index contributed by atoms with van der Waals surface area (Å²) in [4.78, 5) is 6.81. The normalized spacial score (nSPS) is 16.4. The minimum atomic E-state index is -0.268. The van der Waals surface area contributed by atoms with Crippen LogP contribution in [0.15, 0.2) is 18.3 Å². The number of nitrogens with zero attached hydrogens (tertiary/aromatic N) is 2. The lowest BCUT2D eigenvalue weighted by Crippen LogP contribution is -2.32. The second-order valence-corrected chi connectivity index (χ2v) is 6.04. The van der Waals surface area contributed by atoms with E-state index in [0.717, 1.165) is 31.1 Å². The van der Waals surface area contributed by atoms with Crippen LogP contribution in [0, 0.1) is 11.7 Å². The molecule has 0 bridgehead atoms. The number of hydrogen-bond donors (Lipinski definition) is 1. The molecule has 1 aliphatic carbocycles. The Hall–Kier alpha value is -1.00. The first-order valence-corrected chi connectivity index (χ1v) is 8.30. The summed E-state index contributed by atoms with van der Waals surface area (Å²) < 4.78 is 13.0. The fourth-order valence-corrected chi connectivity index (χ4v) is 2.78. The highest BCUT2D eigenvalue weighted by Crippen LogP contribution is 2.30. The second-order valence-electron chi connectivity index (χ2n) is 6.04. The molecule has 21 heavy (non-hydrogen) atoms. The van der Waals surface area contributed by atoms with Crippen molar-refractivity contribution in [1.29, 1.82) is 0 Å². The molecule has 0 spiro atoms. The molecule has 1 heterocycles. The number of halogens is 1. The minimum absolute atomic E-state index is 0.217. The largest absolute Gasteiger partial charge is 0.309 e. The van der Waals surface area contributed by atoms with E-state index in [1.807, 2.05) is 0 Å². The Morgan fingerprint density at radius 3 is 2.71 bits per heavy atom. The van der Waals surface area contributed by atoms with E-state index >= 15 is 0 Å². The Bertz CT molecular complexity index is 403. The van der Waals surface area contributed by atoms with E-state index in [1.165, 1.54) is 44.6 Å². The topological polar surface area (TPSA) is 28.2 Å². The van der Waals surface area contributed by atoms with Gasteiger partial charge in [-0.15, -0.1) is 0 Å². The van der Waals surface area contributed by atoms with Gasteiger partial charge in [-0.1, -0.05) is 13.8 Å². The van der Waals surface area contributed by atoms with Crippen LogP contribution in [0.5, 0.6) is 0 Å². The van der Waals surface area contributed by atoms with Gasteiger partial charge in [0.05, 0.1) is 17.9 Å². The number of aromatic nitrogens is 1. The SMILES string of the molecule is CCCN(CCC(NCC)c1ccc(F)cn1)CC1CC1. The fraction of sp³-hybridized carbons (Fsp3) is 0.706. The average molecular weight is 293 g/mol. The lowest BCUT2D eigenvalue weighted by Gasteiger charge is -2.25. The third-order valence-corrected chi connectivity index (χ3v) is 4.04. The molecule has 1 aromatic rings. The number of hydrogen-bond acceptors (Lipinski definition) is 3. The maximum absolute atomic E-state index is 13.0. The summed E-state index contributed by atoms with van der Waals surface area (Å²) in [5.41, 5.74) is 0.945. The van der Waals surface area contributed by atoms with Crippen LogP contribution < -0.4 is 5.32 Å². The van der Waals surface area contributed by atoms with Crippen molar-refractivity contribution < 1.29 is 4.39 Å².